The topological polar surface area (TPSA) is 82.6 Å². The SMILES string of the molecule is COCCOCc1nc(C(F)(F)F)ccc1C(=O)C1C(=O)CCC2(CC2)C1=O. The van der Waals surface area contributed by atoms with Crippen LogP contribution in [0.5, 0.6) is 0 Å². The normalized spacial score (nSPS) is 21.2. The molecule has 1 spiro atoms. The van der Waals surface area contributed by atoms with Crippen LogP contribution in [0.1, 0.15) is 47.4 Å². The average Bonchev–Trinajstić information content (AvgIpc) is 3.42. The number of ketones is 3. The van der Waals surface area contributed by atoms with Gasteiger partial charge in [-0.05, 0) is 31.4 Å². The molecule has 2 aliphatic rings. The zero-order valence-corrected chi connectivity index (χ0v) is 15.3. The number of halogens is 3. The third-order valence-corrected chi connectivity index (χ3v) is 5.27. The lowest BCUT2D eigenvalue weighted by atomic mass is 9.73. The molecule has 9 heteroatoms. The van der Waals surface area contributed by atoms with Gasteiger partial charge in [-0.2, -0.15) is 13.2 Å². The van der Waals surface area contributed by atoms with Crippen molar-refractivity contribution in [2.24, 2.45) is 11.3 Å². The van der Waals surface area contributed by atoms with E-state index in [-0.39, 0.29) is 37.5 Å². The van der Waals surface area contributed by atoms with Crippen molar-refractivity contribution < 1.29 is 37.0 Å². The summed E-state index contributed by atoms with van der Waals surface area (Å²) in [7, 11) is 1.44. The Kier molecular flexibility index (Phi) is 5.67. The summed E-state index contributed by atoms with van der Waals surface area (Å²) in [6, 6.07) is 1.65. The maximum atomic E-state index is 13.0. The Morgan fingerprint density at radius 3 is 2.54 bits per heavy atom. The lowest BCUT2D eigenvalue weighted by Gasteiger charge is -2.26. The van der Waals surface area contributed by atoms with Crippen molar-refractivity contribution in [2.45, 2.75) is 38.5 Å². The Hall–Kier alpha value is -2.13. The second kappa shape index (κ2) is 7.71. The molecule has 0 radical (unpaired) electrons. The number of hydrogen-bond donors (Lipinski definition) is 0. The predicted molar refractivity (Wildman–Crippen MR) is 89.5 cm³/mol. The summed E-state index contributed by atoms with van der Waals surface area (Å²) in [6.45, 7) is -0.0641. The van der Waals surface area contributed by atoms with E-state index >= 15 is 0 Å². The van der Waals surface area contributed by atoms with Gasteiger partial charge in [0.25, 0.3) is 0 Å². The van der Waals surface area contributed by atoms with Gasteiger partial charge in [0.2, 0.25) is 0 Å². The summed E-state index contributed by atoms with van der Waals surface area (Å²) < 4.78 is 49.1. The van der Waals surface area contributed by atoms with Crippen molar-refractivity contribution in [3.8, 4) is 0 Å². The van der Waals surface area contributed by atoms with Crippen LogP contribution in [-0.4, -0.2) is 42.7 Å². The van der Waals surface area contributed by atoms with E-state index in [1.165, 1.54) is 7.11 Å². The van der Waals surface area contributed by atoms with Gasteiger partial charge in [-0.25, -0.2) is 4.98 Å². The fourth-order valence-electron chi connectivity index (χ4n) is 3.46. The van der Waals surface area contributed by atoms with Gasteiger partial charge in [0.15, 0.2) is 17.3 Å². The lowest BCUT2D eigenvalue weighted by Crippen LogP contribution is -2.42. The van der Waals surface area contributed by atoms with E-state index < -0.39 is 40.6 Å². The van der Waals surface area contributed by atoms with Crippen LogP contribution in [0.4, 0.5) is 13.2 Å². The zero-order valence-electron chi connectivity index (χ0n) is 15.3. The minimum absolute atomic E-state index is 0.0897. The molecule has 0 bridgehead atoms. The number of Topliss-reactive ketones (excluding diaryl/α,β-unsaturated/α-hetero) is 3. The largest absolute Gasteiger partial charge is 0.433 e. The van der Waals surface area contributed by atoms with Crippen LogP contribution in [-0.2, 0) is 31.8 Å². The molecule has 2 fully saturated rings. The highest BCUT2D eigenvalue weighted by Gasteiger charge is 2.57. The molecule has 6 nitrogen and oxygen atoms in total. The van der Waals surface area contributed by atoms with Gasteiger partial charge in [-0.15, -0.1) is 0 Å². The number of carbonyl (C=O) groups excluding carboxylic acids is 3. The first-order valence-corrected chi connectivity index (χ1v) is 8.95. The van der Waals surface area contributed by atoms with Crippen molar-refractivity contribution in [2.75, 3.05) is 20.3 Å². The molecule has 1 unspecified atom stereocenters. The first-order chi connectivity index (χ1) is 13.2. The summed E-state index contributed by atoms with van der Waals surface area (Å²) in [5.74, 6) is -3.17. The molecule has 0 aromatic carbocycles. The lowest BCUT2D eigenvalue weighted by molar-refractivity contribution is -0.141. The van der Waals surface area contributed by atoms with Crippen LogP contribution in [0.3, 0.4) is 0 Å². The summed E-state index contributed by atoms with van der Waals surface area (Å²) in [4.78, 5) is 41.5. The van der Waals surface area contributed by atoms with Gasteiger partial charge >= 0.3 is 6.18 Å². The smallest absolute Gasteiger partial charge is 0.382 e. The number of hydrogen-bond acceptors (Lipinski definition) is 6. The first-order valence-electron chi connectivity index (χ1n) is 8.95. The number of aromatic nitrogens is 1. The standard InChI is InChI=1S/C19H20F3NO5/c1-27-8-9-28-10-12-11(2-3-14(23-12)19(20,21)22)16(25)15-13(24)4-5-18(6-7-18)17(15)26/h2-3,15H,4-10H2,1H3. The second-order valence-corrected chi connectivity index (χ2v) is 7.14. The molecule has 1 heterocycles. The fraction of sp³-hybridized carbons (Fsp3) is 0.579. The van der Waals surface area contributed by atoms with Gasteiger partial charge in [0, 0.05) is 24.5 Å². The predicted octanol–water partition coefficient (Wildman–Crippen LogP) is 2.77. The fourth-order valence-corrected chi connectivity index (χ4v) is 3.46. The van der Waals surface area contributed by atoms with Crippen molar-refractivity contribution in [1.29, 1.82) is 0 Å². The van der Waals surface area contributed by atoms with E-state index in [2.05, 4.69) is 4.98 Å². The van der Waals surface area contributed by atoms with Crippen LogP contribution in [0.25, 0.3) is 0 Å². The summed E-state index contributed by atoms with van der Waals surface area (Å²) in [5, 5.41) is 0. The number of ether oxygens (including phenoxy) is 2. The Morgan fingerprint density at radius 2 is 1.93 bits per heavy atom. The Labute approximate surface area is 159 Å². The molecule has 152 valence electrons. The number of carbonyl (C=O) groups is 3. The monoisotopic (exact) mass is 399 g/mol. The van der Waals surface area contributed by atoms with Crippen molar-refractivity contribution >= 4 is 17.3 Å². The minimum atomic E-state index is -4.70. The number of methoxy groups -OCH3 is 1. The molecule has 1 aromatic heterocycles. The van der Waals surface area contributed by atoms with Gasteiger partial charge < -0.3 is 9.47 Å². The molecule has 3 rings (SSSR count). The Morgan fingerprint density at radius 1 is 1.21 bits per heavy atom. The van der Waals surface area contributed by atoms with E-state index in [4.69, 9.17) is 9.47 Å². The zero-order chi connectivity index (χ0) is 20.5. The van der Waals surface area contributed by atoms with Gasteiger partial charge in [-0.3, -0.25) is 14.4 Å². The minimum Gasteiger partial charge on any atom is -0.382 e. The second-order valence-electron chi connectivity index (χ2n) is 7.14. The van der Waals surface area contributed by atoms with Gasteiger partial charge in [0.05, 0.1) is 25.5 Å². The Bertz CT molecular complexity index is 801. The molecule has 0 N–H and O–H groups in total. The van der Waals surface area contributed by atoms with Crippen molar-refractivity contribution in [1.82, 2.24) is 4.98 Å². The molecule has 0 saturated heterocycles. The highest BCUT2D eigenvalue weighted by molar-refractivity contribution is 6.27. The molecule has 1 aromatic rings. The summed E-state index contributed by atoms with van der Waals surface area (Å²) >= 11 is 0. The first kappa shape index (κ1) is 20.6. The molecule has 2 aliphatic carbocycles. The van der Waals surface area contributed by atoms with E-state index in [1.807, 2.05) is 0 Å². The molecule has 1 atom stereocenters. The van der Waals surface area contributed by atoms with E-state index in [0.717, 1.165) is 6.07 Å². The van der Waals surface area contributed by atoms with E-state index in [1.54, 1.807) is 0 Å². The van der Waals surface area contributed by atoms with E-state index in [9.17, 15) is 27.6 Å². The maximum absolute atomic E-state index is 13.0. The Balaban J connectivity index is 1.91. The number of alkyl halides is 3. The molecule has 2 saturated carbocycles. The quantitative estimate of drug-likeness (QED) is 0.398. The average molecular weight is 399 g/mol. The highest BCUT2D eigenvalue weighted by atomic mass is 19.4. The number of pyridine rings is 1. The van der Waals surface area contributed by atoms with Crippen LogP contribution >= 0.6 is 0 Å². The van der Waals surface area contributed by atoms with Crippen LogP contribution in [0.2, 0.25) is 0 Å². The number of rotatable bonds is 7. The van der Waals surface area contributed by atoms with Crippen molar-refractivity contribution in [3.05, 3.63) is 29.1 Å². The van der Waals surface area contributed by atoms with Crippen LogP contribution in [0.15, 0.2) is 12.1 Å². The maximum Gasteiger partial charge on any atom is 0.433 e. The summed E-state index contributed by atoms with van der Waals surface area (Å²) in [5.41, 5.74) is -2.21. The van der Waals surface area contributed by atoms with Crippen molar-refractivity contribution in [3.63, 3.8) is 0 Å². The third-order valence-electron chi connectivity index (χ3n) is 5.27. The molecular formula is C19H20F3NO5. The highest BCUT2D eigenvalue weighted by Crippen LogP contribution is 2.54. The molecule has 28 heavy (non-hydrogen) atoms. The van der Waals surface area contributed by atoms with E-state index in [0.29, 0.717) is 25.3 Å². The number of nitrogens with zero attached hydrogens (tertiary/aromatic N) is 1. The van der Waals surface area contributed by atoms with Gasteiger partial charge in [-0.1, -0.05) is 0 Å². The van der Waals surface area contributed by atoms with Crippen LogP contribution < -0.4 is 0 Å². The molecule has 0 aliphatic heterocycles. The van der Waals surface area contributed by atoms with Gasteiger partial charge in [0.1, 0.15) is 11.6 Å². The third kappa shape index (κ3) is 4.00. The van der Waals surface area contributed by atoms with Crippen LogP contribution in [0, 0.1) is 11.3 Å². The molecule has 0 amide bonds. The molecular weight excluding hydrogens is 379 g/mol. The summed E-state index contributed by atoms with van der Waals surface area (Å²) in [6.07, 6.45) is -2.86.